The van der Waals surface area contributed by atoms with Crippen LogP contribution in [0.1, 0.15) is 60.3 Å². The predicted molar refractivity (Wildman–Crippen MR) is 161 cm³/mol. The molecule has 2 fully saturated rings. The van der Waals surface area contributed by atoms with E-state index in [2.05, 4.69) is 45.8 Å². The highest BCUT2D eigenvalue weighted by atomic mass is 16.6. The number of aldehydes is 1. The van der Waals surface area contributed by atoms with Crippen molar-refractivity contribution in [1.29, 1.82) is 5.26 Å². The van der Waals surface area contributed by atoms with E-state index >= 15 is 0 Å². The van der Waals surface area contributed by atoms with Crippen molar-refractivity contribution in [1.82, 2.24) is 20.2 Å². The van der Waals surface area contributed by atoms with Crippen LogP contribution in [0, 0.1) is 17.2 Å². The molecule has 0 atom stereocenters. The van der Waals surface area contributed by atoms with E-state index in [1.807, 2.05) is 13.1 Å². The summed E-state index contributed by atoms with van der Waals surface area (Å²) in [5.74, 6) is 1.47. The highest BCUT2D eigenvalue weighted by Crippen LogP contribution is 2.46. The average Bonchev–Trinajstić information content (AvgIpc) is 3.72. The predicted octanol–water partition coefficient (Wildman–Crippen LogP) is 3.55. The van der Waals surface area contributed by atoms with E-state index in [1.165, 1.54) is 11.1 Å². The number of carbonyl (C=O) groups excluding carboxylic acids is 3. The van der Waals surface area contributed by atoms with Gasteiger partial charge in [0.15, 0.2) is 6.29 Å². The number of amides is 3. The summed E-state index contributed by atoms with van der Waals surface area (Å²) in [7, 11) is 3.55. The zero-order valence-electron chi connectivity index (χ0n) is 25.2. The van der Waals surface area contributed by atoms with Gasteiger partial charge in [-0.2, -0.15) is 5.26 Å². The second-order valence-electron chi connectivity index (χ2n) is 11.3. The van der Waals surface area contributed by atoms with Gasteiger partial charge in [0.05, 0.1) is 29.9 Å². The van der Waals surface area contributed by atoms with Crippen molar-refractivity contribution < 1.29 is 23.9 Å². The number of hydrogen-bond acceptors (Lipinski definition) is 10. The molecule has 3 N–H and O–H groups in total. The van der Waals surface area contributed by atoms with Gasteiger partial charge in [-0.15, -0.1) is 0 Å². The molecule has 5 rings (SSSR count). The van der Waals surface area contributed by atoms with Gasteiger partial charge in [0.25, 0.3) is 0 Å². The van der Waals surface area contributed by atoms with Gasteiger partial charge in [-0.05, 0) is 56.8 Å². The summed E-state index contributed by atoms with van der Waals surface area (Å²) >= 11 is 0. The van der Waals surface area contributed by atoms with Crippen LogP contribution in [0.2, 0.25) is 0 Å². The smallest absolute Gasteiger partial charge is 0.410 e. The van der Waals surface area contributed by atoms with Crippen molar-refractivity contribution in [3.8, 4) is 6.07 Å². The van der Waals surface area contributed by atoms with Crippen molar-refractivity contribution >= 4 is 35.7 Å². The Kier molecular flexibility index (Phi) is 10.5. The third kappa shape index (κ3) is 7.57. The number of aromatic nitrogens is 2. The fourth-order valence-electron chi connectivity index (χ4n) is 5.12. The number of urea groups is 1. The van der Waals surface area contributed by atoms with E-state index in [4.69, 9.17) is 9.47 Å². The lowest BCUT2D eigenvalue weighted by Gasteiger charge is -2.30. The number of nitriles is 1. The number of ether oxygens (including phenoxy) is 2. The number of anilines is 3. The molecule has 2 aromatic heterocycles. The summed E-state index contributed by atoms with van der Waals surface area (Å²) in [6.45, 7) is 7.48. The van der Waals surface area contributed by atoms with Crippen molar-refractivity contribution in [2.45, 2.75) is 51.6 Å². The molecule has 3 aliphatic rings. The molecule has 1 aliphatic carbocycles. The van der Waals surface area contributed by atoms with Crippen molar-refractivity contribution in [3.63, 3.8) is 0 Å². The number of nitrogens with one attached hydrogen (secondary N) is 3. The Balaban J connectivity index is 0.000000641. The summed E-state index contributed by atoms with van der Waals surface area (Å²) in [6, 6.07) is 5.08. The maximum Gasteiger partial charge on any atom is 0.410 e. The lowest BCUT2D eigenvalue weighted by atomic mass is 10.0. The minimum atomic E-state index is -0.446. The normalized spacial score (nSPS) is 16.1. The fourth-order valence-corrected chi connectivity index (χ4v) is 5.12. The highest BCUT2D eigenvalue weighted by molar-refractivity contribution is 6.01. The molecule has 0 aromatic carbocycles. The summed E-state index contributed by atoms with van der Waals surface area (Å²) in [4.78, 5) is 49.3. The van der Waals surface area contributed by atoms with Crippen LogP contribution in [0.15, 0.2) is 18.3 Å². The number of cyclic esters (lactones) is 1. The van der Waals surface area contributed by atoms with E-state index < -0.39 is 6.03 Å². The van der Waals surface area contributed by atoms with Crippen LogP contribution in [-0.4, -0.2) is 85.8 Å². The van der Waals surface area contributed by atoms with Crippen LogP contribution in [0.5, 0.6) is 0 Å². The van der Waals surface area contributed by atoms with Crippen LogP contribution in [0.3, 0.4) is 0 Å². The quantitative estimate of drug-likeness (QED) is 0.275. The van der Waals surface area contributed by atoms with Crippen LogP contribution in [0.25, 0.3) is 0 Å². The number of fused-ring (bicyclic) bond motifs is 1. The van der Waals surface area contributed by atoms with Crippen LogP contribution in [0.4, 0.5) is 26.9 Å². The van der Waals surface area contributed by atoms with Crippen molar-refractivity contribution in [2.24, 2.45) is 5.92 Å². The molecule has 0 bridgehead atoms. The lowest BCUT2D eigenvalue weighted by Crippen LogP contribution is -2.40. The number of hydrogen-bond donors (Lipinski definition) is 3. The Labute approximate surface area is 251 Å². The minimum Gasteiger partial charge on any atom is -0.447 e. The topological polar surface area (TPSA) is 162 Å². The third-order valence-electron chi connectivity index (χ3n) is 7.54. The van der Waals surface area contributed by atoms with Gasteiger partial charge in [0.2, 0.25) is 0 Å². The van der Waals surface area contributed by atoms with Gasteiger partial charge in [0.1, 0.15) is 30.0 Å². The van der Waals surface area contributed by atoms with Gasteiger partial charge in [-0.1, -0.05) is 13.8 Å². The number of rotatable bonds is 10. The Morgan fingerprint density at radius 3 is 2.74 bits per heavy atom. The molecule has 4 heterocycles. The second kappa shape index (κ2) is 14.3. The Morgan fingerprint density at radius 2 is 2.12 bits per heavy atom. The number of carbonyl (C=O) groups is 3. The average molecular weight is 593 g/mol. The van der Waals surface area contributed by atoms with Crippen molar-refractivity contribution in [2.75, 3.05) is 62.5 Å². The molecule has 1 saturated carbocycles. The third-order valence-corrected chi connectivity index (χ3v) is 7.54. The monoisotopic (exact) mass is 592 g/mol. The van der Waals surface area contributed by atoms with Crippen molar-refractivity contribution in [3.05, 3.63) is 40.7 Å². The number of methoxy groups -OCH3 is 1. The zero-order valence-corrected chi connectivity index (χ0v) is 25.2. The number of nitrogens with zero attached hydrogens (tertiary/aromatic N) is 5. The van der Waals surface area contributed by atoms with Gasteiger partial charge in [-0.3, -0.25) is 19.9 Å². The molecule has 13 nitrogen and oxygen atoms in total. The summed E-state index contributed by atoms with van der Waals surface area (Å²) in [5, 5.41) is 18.3. The highest BCUT2D eigenvalue weighted by Gasteiger charge is 2.56. The Morgan fingerprint density at radius 1 is 1.33 bits per heavy atom. The lowest BCUT2D eigenvalue weighted by molar-refractivity contribution is 0.111. The number of aryl methyl sites for hydroxylation is 1. The van der Waals surface area contributed by atoms with E-state index in [0.29, 0.717) is 68.1 Å². The molecule has 13 heteroatoms. The van der Waals surface area contributed by atoms with Gasteiger partial charge >= 0.3 is 12.1 Å². The van der Waals surface area contributed by atoms with Gasteiger partial charge < -0.3 is 20.1 Å². The van der Waals surface area contributed by atoms with Gasteiger partial charge in [-0.25, -0.2) is 19.6 Å². The first-order chi connectivity index (χ1) is 20.7. The van der Waals surface area contributed by atoms with E-state index in [1.54, 1.807) is 18.1 Å². The zero-order chi connectivity index (χ0) is 31.0. The SMILES string of the molecule is CNCC(C)C.COCCNc1cc(NC(=O)N2CCCc3cc(CN4C(=O)OCC45CC5)c(C=O)nc32)ncc1C#N. The molecule has 1 spiro atoms. The first-order valence-corrected chi connectivity index (χ1v) is 14.5. The van der Waals surface area contributed by atoms with Gasteiger partial charge in [0, 0.05) is 38.0 Å². The summed E-state index contributed by atoms with van der Waals surface area (Å²) < 4.78 is 10.3. The largest absolute Gasteiger partial charge is 0.447 e. The molecule has 0 unspecified atom stereocenters. The van der Waals surface area contributed by atoms with Crippen LogP contribution >= 0.6 is 0 Å². The molecule has 2 aromatic rings. The first-order valence-electron chi connectivity index (χ1n) is 14.5. The molecular formula is C30H40N8O5. The maximum atomic E-state index is 13.2. The van der Waals surface area contributed by atoms with Crippen LogP contribution in [-0.2, 0) is 22.4 Å². The molecule has 43 heavy (non-hydrogen) atoms. The van der Waals surface area contributed by atoms with E-state index in [-0.39, 0.29) is 29.7 Å². The first kappa shape index (κ1) is 31.7. The fraction of sp³-hybridized carbons (Fsp3) is 0.533. The molecular weight excluding hydrogens is 552 g/mol. The molecule has 1 saturated heterocycles. The second-order valence-corrected chi connectivity index (χ2v) is 11.3. The maximum absolute atomic E-state index is 13.2. The standard InChI is InChI=1S/C25H27N7O5.C5H13N/c1-36-8-6-27-19-10-21(28-12-18(19)11-26)30-23(34)31-7-2-3-16-9-17(20(14-33)29-22(16)31)13-32-24(35)37-15-25(32)4-5-25;1-5(2)4-6-3/h9-10,12,14H,2-8,13,15H2,1H3,(H2,27,28,30,34);5-6H,4H2,1-3H3. The minimum absolute atomic E-state index is 0.190. The van der Waals surface area contributed by atoms with E-state index in [9.17, 15) is 19.6 Å². The Hall–Kier alpha value is -4.28. The summed E-state index contributed by atoms with van der Waals surface area (Å²) in [5.41, 5.74) is 2.27. The Bertz CT molecular complexity index is 1370. The number of pyridine rings is 2. The van der Waals surface area contributed by atoms with E-state index in [0.717, 1.165) is 30.9 Å². The molecule has 2 aliphatic heterocycles. The molecule has 230 valence electrons. The summed E-state index contributed by atoms with van der Waals surface area (Å²) in [6.07, 6.45) is 4.84. The molecule has 3 amide bonds. The van der Waals surface area contributed by atoms with Crippen LogP contribution < -0.4 is 20.9 Å². The molecule has 0 radical (unpaired) electrons.